The number of rotatable bonds is 6. The van der Waals surface area contributed by atoms with Crippen LogP contribution in [0.5, 0.6) is 5.75 Å². The second kappa shape index (κ2) is 8.77. The van der Waals surface area contributed by atoms with E-state index in [2.05, 4.69) is 46.8 Å². The number of likely N-dealkylation sites (N-methyl/N-ethyl adjacent to an activating group) is 1. The van der Waals surface area contributed by atoms with Crippen molar-refractivity contribution in [2.45, 2.75) is 37.8 Å². The lowest BCUT2D eigenvalue weighted by molar-refractivity contribution is 0.297. The van der Waals surface area contributed by atoms with Crippen molar-refractivity contribution in [3.63, 3.8) is 0 Å². The highest BCUT2D eigenvalue weighted by atomic mass is 16.5. The van der Waals surface area contributed by atoms with Crippen LogP contribution in [0.3, 0.4) is 0 Å². The van der Waals surface area contributed by atoms with Gasteiger partial charge in [-0.15, -0.1) is 0 Å². The fourth-order valence-electron chi connectivity index (χ4n) is 3.10. The number of benzene rings is 1. The Balaban J connectivity index is 1.98. The highest BCUT2D eigenvalue weighted by Gasteiger charge is 2.18. The van der Waals surface area contributed by atoms with E-state index in [1.165, 1.54) is 31.2 Å². The predicted molar refractivity (Wildman–Crippen MR) is 96.2 cm³/mol. The molecule has 0 bridgehead atoms. The third-order valence-electron chi connectivity index (χ3n) is 4.48. The first-order valence-corrected chi connectivity index (χ1v) is 8.41. The van der Waals surface area contributed by atoms with Crippen molar-refractivity contribution in [1.82, 2.24) is 15.5 Å². The highest BCUT2D eigenvalue weighted by molar-refractivity contribution is 5.80. The van der Waals surface area contributed by atoms with E-state index in [9.17, 15) is 0 Å². The fraction of sp³-hybridized carbons (Fsp3) is 0.611. The van der Waals surface area contributed by atoms with E-state index in [-0.39, 0.29) is 6.04 Å². The SMILES string of the molecule is CN=C(NCC(c1cccc(OC)c1)N(C)C)NC1CCCC1. The van der Waals surface area contributed by atoms with Crippen molar-refractivity contribution in [1.29, 1.82) is 0 Å². The van der Waals surface area contributed by atoms with Gasteiger partial charge in [0.2, 0.25) is 0 Å². The summed E-state index contributed by atoms with van der Waals surface area (Å²) in [5.41, 5.74) is 1.23. The molecule has 1 atom stereocenters. The molecule has 0 saturated heterocycles. The number of hydrogen-bond donors (Lipinski definition) is 2. The van der Waals surface area contributed by atoms with E-state index in [0.29, 0.717) is 6.04 Å². The molecule has 5 heteroatoms. The zero-order valence-corrected chi connectivity index (χ0v) is 14.8. The molecule has 23 heavy (non-hydrogen) atoms. The Morgan fingerprint density at radius 3 is 2.70 bits per heavy atom. The largest absolute Gasteiger partial charge is 0.497 e. The molecule has 1 aliphatic carbocycles. The number of nitrogens with one attached hydrogen (secondary N) is 2. The quantitative estimate of drug-likeness (QED) is 0.625. The van der Waals surface area contributed by atoms with Crippen LogP contribution in [0, 0.1) is 0 Å². The minimum atomic E-state index is 0.257. The molecule has 1 aliphatic rings. The van der Waals surface area contributed by atoms with Crippen molar-refractivity contribution in [2.24, 2.45) is 4.99 Å². The molecule has 0 aliphatic heterocycles. The van der Waals surface area contributed by atoms with Gasteiger partial charge in [-0.1, -0.05) is 25.0 Å². The van der Waals surface area contributed by atoms with Gasteiger partial charge < -0.3 is 20.3 Å². The highest BCUT2D eigenvalue weighted by Crippen LogP contribution is 2.22. The Kier molecular flexibility index (Phi) is 6.71. The summed E-state index contributed by atoms with van der Waals surface area (Å²) in [7, 11) is 7.73. The number of ether oxygens (including phenoxy) is 1. The Bertz CT molecular complexity index is 509. The average Bonchev–Trinajstić information content (AvgIpc) is 3.07. The molecule has 1 fully saturated rings. The first-order valence-electron chi connectivity index (χ1n) is 8.41. The minimum Gasteiger partial charge on any atom is -0.497 e. The van der Waals surface area contributed by atoms with Crippen LogP contribution in [0.1, 0.15) is 37.3 Å². The van der Waals surface area contributed by atoms with Crippen molar-refractivity contribution in [3.05, 3.63) is 29.8 Å². The molecule has 0 radical (unpaired) electrons. The van der Waals surface area contributed by atoms with E-state index in [1.54, 1.807) is 7.11 Å². The lowest BCUT2D eigenvalue weighted by atomic mass is 10.1. The number of methoxy groups -OCH3 is 1. The van der Waals surface area contributed by atoms with Crippen molar-refractivity contribution in [3.8, 4) is 5.75 Å². The third-order valence-corrected chi connectivity index (χ3v) is 4.48. The zero-order valence-electron chi connectivity index (χ0n) is 14.8. The van der Waals surface area contributed by atoms with Gasteiger partial charge in [0.15, 0.2) is 5.96 Å². The second-order valence-corrected chi connectivity index (χ2v) is 6.33. The Labute approximate surface area is 140 Å². The van der Waals surface area contributed by atoms with Crippen LogP contribution in [0.25, 0.3) is 0 Å². The summed E-state index contributed by atoms with van der Waals surface area (Å²) in [5.74, 6) is 1.79. The molecule has 128 valence electrons. The molecule has 1 aromatic rings. The van der Waals surface area contributed by atoms with Gasteiger partial charge in [0, 0.05) is 19.6 Å². The van der Waals surface area contributed by atoms with Crippen LogP contribution in [-0.2, 0) is 0 Å². The molecule has 2 N–H and O–H groups in total. The molecule has 5 nitrogen and oxygen atoms in total. The molecule has 0 aromatic heterocycles. The topological polar surface area (TPSA) is 48.9 Å². The van der Waals surface area contributed by atoms with Gasteiger partial charge in [0.05, 0.1) is 13.2 Å². The summed E-state index contributed by atoms with van der Waals surface area (Å²) in [6.07, 6.45) is 5.12. The van der Waals surface area contributed by atoms with Gasteiger partial charge in [0.25, 0.3) is 0 Å². The molecule has 2 rings (SSSR count). The van der Waals surface area contributed by atoms with Gasteiger partial charge in [-0.3, -0.25) is 4.99 Å². The van der Waals surface area contributed by atoms with Gasteiger partial charge in [0.1, 0.15) is 5.75 Å². The van der Waals surface area contributed by atoms with E-state index in [0.717, 1.165) is 18.3 Å². The first kappa shape index (κ1) is 17.6. The Morgan fingerprint density at radius 1 is 1.35 bits per heavy atom. The van der Waals surface area contributed by atoms with Crippen molar-refractivity contribution >= 4 is 5.96 Å². The molecular formula is C18H30N4O. The van der Waals surface area contributed by atoms with Crippen LogP contribution < -0.4 is 15.4 Å². The molecule has 0 spiro atoms. The Morgan fingerprint density at radius 2 is 2.09 bits per heavy atom. The summed E-state index contributed by atoms with van der Waals surface area (Å²) in [5, 5.41) is 7.00. The van der Waals surface area contributed by atoms with Gasteiger partial charge in [-0.05, 0) is 44.6 Å². The van der Waals surface area contributed by atoms with Gasteiger partial charge >= 0.3 is 0 Å². The average molecular weight is 318 g/mol. The van der Waals surface area contributed by atoms with Crippen molar-refractivity contribution < 1.29 is 4.74 Å². The molecule has 1 saturated carbocycles. The van der Waals surface area contributed by atoms with E-state index < -0.39 is 0 Å². The predicted octanol–water partition coefficient (Wildman–Crippen LogP) is 2.41. The third kappa shape index (κ3) is 5.13. The lowest BCUT2D eigenvalue weighted by Gasteiger charge is -2.27. The molecule has 1 unspecified atom stereocenters. The van der Waals surface area contributed by atoms with Crippen LogP contribution >= 0.6 is 0 Å². The number of hydrogen-bond acceptors (Lipinski definition) is 3. The number of nitrogens with zero attached hydrogens (tertiary/aromatic N) is 2. The standard InChI is InChI=1S/C18H30N4O/c1-19-18(21-15-9-5-6-10-15)20-13-17(22(2)3)14-8-7-11-16(12-14)23-4/h7-8,11-12,15,17H,5-6,9-10,13H2,1-4H3,(H2,19,20,21). The van der Waals surface area contributed by atoms with Crippen molar-refractivity contribution in [2.75, 3.05) is 34.8 Å². The van der Waals surface area contributed by atoms with Gasteiger partial charge in [-0.2, -0.15) is 0 Å². The molecular weight excluding hydrogens is 288 g/mol. The number of aliphatic imine (C=N–C) groups is 1. The fourth-order valence-corrected chi connectivity index (χ4v) is 3.10. The van der Waals surface area contributed by atoms with Crippen LogP contribution in [0.15, 0.2) is 29.3 Å². The summed E-state index contributed by atoms with van der Waals surface area (Å²) in [4.78, 5) is 6.57. The normalized spacial score (nSPS) is 17.3. The number of guanidine groups is 1. The summed E-state index contributed by atoms with van der Waals surface area (Å²) in [6, 6.07) is 9.07. The zero-order chi connectivity index (χ0) is 16.7. The van der Waals surface area contributed by atoms with E-state index in [1.807, 2.05) is 19.2 Å². The summed E-state index contributed by atoms with van der Waals surface area (Å²) < 4.78 is 5.35. The van der Waals surface area contributed by atoms with E-state index in [4.69, 9.17) is 4.74 Å². The molecule has 0 amide bonds. The summed E-state index contributed by atoms with van der Waals surface area (Å²) >= 11 is 0. The maximum absolute atomic E-state index is 5.35. The lowest BCUT2D eigenvalue weighted by Crippen LogP contribution is -2.45. The minimum absolute atomic E-state index is 0.257. The second-order valence-electron chi connectivity index (χ2n) is 6.33. The van der Waals surface area contributed by atoms with Gasteiger partial charge in [-0.25, -0.2) is 0 Å². The Hall–Kier alpha value is -1.75. The monoisotopic (exact) mass is 318 g/mol. The van der Waals surface area contributed by atoms with Crippen LogP contribution in [0.4, 0.5) is 0 Å². The molecule has 1 aromatic carbocycles. The molecule has 0 heterocycles. The maximum atomic E-state index is 5.35. The summed E-state index contributed by atoms with van der Waals surface area (Å²) in [6.45, 7) is 0.798. The van der Waals surface area contributed by atoms with Crippen LogP contribution in [0.2, 0.25) is 0 Å². The maximum Gasteiger partial charge on any atom is 0.191 e. The smallest absolute Gasteiger partial charge is 0.191 e. The van der Waals surface area contributed by atoms with Crippen LogP contribution in [-0.4, -0.2) is 51.7 Å². The first-order chi connectivity index (χ1) is 11.1. The van der Waals surface area contributed by atoms with E-state index >= 15 is 0 Å².